The number of carbonyl (C=O) groups is 1. The first kappa shape index (κ1) is 16.6. The van der Waals surface area contributed by atoms with Gasteiger partial charge in [0, 0.05) is 18.8 Å². The van der Waals surface area contributed by atoms with Crippen LogP contribution in [-0.4, -0.2) is 27.6 Å². The van der Waals surface area contributed by atoms with Crippen LogP contribution >= 0.6 is 0 Å². The number of amides is 1. The van der Waals surface area contributed by atoms with Gasteiger partial charge in [-0.2, -0.15) is 4.98 Å². The van der Waals surface area contributed by atoms with E-state index >= 15 is 0 Å². The number of nitrogens with zero attached hydrogens (tertiary/aromatic N) is 3. The zero-order chi connectivity index (χ0) is 17.5. The van der Waals surface area contributed by atoms with Crippen LogP contribution < -0.4 is 10.1 Å². The highest BCUT2D eigenvalue weighted by Crippen LogP contribution is 2.12. The Morgan fingerprint density at radius 2 is 1.96 bits per heavy atom. The molecule has 0 spiro atoms. The number of pyridine rings is 1. The molecule has 0 aliphatic heterocycles. The van der Waals surface area contributed by atoms with E-state index < -0.39 is 6.04 Å². The number of benzene rings is 1. The molecule has 3 aromatic rings. The molecule has 25 heavy (non-hydrogen) atoms. The highest BCUT2D eigenvalue weighted by Gasteiger charge is 2.17. The lowest BCUT2D eigenvalue weighted by molar-refractivity contribution is -0.123. The van der Waals surface area contributed by atoms with E-state index in [1.54, 1.807) is 31.5 Å². The number of nitrogens with one attached hydrogen (secondary N) is 1. The summed E-state index contributed by atoms with van der Waals surface area (Å²) in [4.78, 5) is 20.3. The molecule has 3 rings (SSSR count). The van der Waals surface area contributed by atoms with Gasteiger partial charge < -0.3 is 14.6 Å². The van der Waals surface area contributed by atoms with Gasteiger partial charge in [0.05, 0.1) is 0 Å². The van der Waals surface area contributed by atoms with Crippen molar-refractivity contribution in [2.75, 3.05) is 6.61 Å². The highest BCUT2D eigenvalue weighted by molar-refractivity contribution is 5.77. The van der Waals surface area contributed by atoms with E-state index in [2.05, 4.69) is 20.4 Å². The van der Waals surface area contributed by atoms with Crippen molar-refractivity contribution < 1.29 is 14.1 Å². The predicted molar refractivity (Wildman–Crippen MR) is 89.8 cm³/mol. The third-order valence-electron chi connectivity index (χ3n) is 3.46. The normalized spacial score (nSPS) is 11.7. The second kappa shape index (κ2) is 8.05. The average Bonchev–Trinajstić information content (AvgIpc) is 3.10. The Bertz CT molecular complexity index is 805. The van der Waals surface area contributed by atoms with E-state index in [-0.39, 0.29) is 12.5 Å². The van der Waals surface area contributed by atoms with Gasteiger partial charge in [-0.3, -0.25) is 9.78 Å². The summed E-state index contributed by atoms with van der Waals surface area (Å²) in [7, 11) is 0. The lowest BCUT2D eigenvalue weighted by Gasteiger charge is -2.10. The van der Waals surface area contributed by atoms with Crippen molar-refractivity contribution >= 4 is 5.91 Å². The molecular weight excluding hydrogens is 320 g/mol. The van der Waals surface area contributed by atoms with Gasteiger partial charge in [-0.15, -0.1) is 0 Å². The molecule has 7 heteroatoms. The molecule has 1 aromatic carbocycles. The van der Waals surface area contributed by atoms with Crippen molar-refractivity contribution in [2.24, 2.45) is 0 Å². The molecule has 1 unspecified atom stereocenters. The van der Waals surface area contributed by atoms with Crippen molar-refractivity contribution in [1.29, 1.82) is 0 Å². The van der Waals surface area contributed by atoms with Gasteiger partial charge in [-0.25, -0.2) is 0 Å². The minimum absolute atomic E-state index is 0.0770. The molecule has 0 fully saturated rings. The van der Waals surface area contributed by atoms with Crippen molar-refractivity contribution in [3.8, 4) is 5.75 Å². The van der Waals surface area contributed by atoms with Crippen molar-refractivity contribution in [2.45, 2.75) is 19.4 Å². The zero-order valence-corrected chi connectivity index (χ0v) is 13.8. The maximum Gasteiger partial charge on any atom is 0.258 e. The molecule has 0 radical (unpaired) electrons. The third kappa shape index (κ3) is 4.87. The van der Waals surface area contributed by atoms with Gasteiger partial charge in [-0.1, -0.05) is 23.4 Å². The molecule has 1 N–H and O–H groups in total. The quantitative estimate of drug-likeness (QED) is 0.711. The predicted octanol–water partition coefficient (Wildman–Crippen LogP) is 2.31. The lowest BCUT2D eigenvalue weighted by Crippen LogP contribution is -2.31. The summed E-state index contributed by atoms with van der Waals surface area (Å²) >= 11 is 0. The first-order valence-corrected chi connectivity index (χ1v) is 7.89. The first-order chi connectivity index (χ1) is 12.2. The van der Waals surface area contributed by atoms with E-state index in [4.69, 9.17) is 9.26 Å². The number of aromatic nitrogens is 3. The Hall–Kier alpha value is -3.22. The smallest absolute Gasteiger partial charge is 0.258 e. The van der Waals surface area contributed by atoms with Crippen LogP contribution in [0.15, 0.2) is 59.4 Å². The molecule has 0 aliphatic rings. The van der Waals surface area contributed by atoms with Crippen molar-refractivity contribution in [3.05, 3.63) is 72.1 Å². The number of para-hydroxylation sites is 1. The molecule has 0 bridgehead atoms. The van der Waals surface area contributed by atoms with Gasteiger partial charge in [0.25, 0.3) is 5.91 Å². The molecule has 0 saturated heterocycles. The topological polar surface area (TPSA) is 90.1 Å². The van der Waals surface area contributed by atoms with E-state index in [0.717, 1.165) is 5.56 Å². The monoisotopic (exact) mass is 338 g/mol. The molecule has 0 saturated carbocycles. The summed E-state index contributed by atoms with van der Waals surface area (Å²) in [5.74, 6) is 1.30. The maximum atomic E-state index is 12.0. The summed E-state index contributed by atoms with van der Waals surface area (Å²) < 4.78 is 10.6. The van der Waals surface area contributed by atoms with Crippen molar-refractivity contribution in [1.82, 2.24) is 20.4 Å². The molecule has 2 heterocycles. The van der Waals surface area contributed by atoms with Gasteiger partial charge in [0.1, 0.15) is 11.8 Å². The van der Waals surface area contributed by atoms with Crippen LogP contribution in [0, 0.1) is 0 Å². The average molecular weight is 338 g/mol. The fourth-order valence-electron chi connectivity index (χ4n) is 2.21. The Balaban J connectivity index is 1.51. The highest BCUT2D eigenvalue weighted by atomic mass is 16.5. The van der Waals surface area contributed by atoms with Crippen LogP contribution in [0.4, 0.5) is 0 Å². The van der Waals surface area contributed by atoms with E-state index in [9.17, 15) is 4.79 Å². The number of ether oxygens (including phenoxy) is 1. The Kier molecular flexibility index (Phi) is 5.36. The Labute approximate surface area is 145 Å². The van der Waals surface area contributed by atoms with Gasteiger partial charge >= 0.3 is 0 Å². The largest absolute Gasteiger partial charge is 0.484 e. The van der Waals surface area contributed by atoms with Crippen molar-refractivity contribution in [3.63, 3.8) is 0 Å². The van der Waals surface area contributed by atoms with Crippen LogP contribution in [-0.2, 0) is 11.2 Å². The Morgan fingerprint density at radius 3 is 2.72 bits per heavy atom. The van der Waals surface area contributed by atoms with Crippen LogP contribution in [0.3, 0.4) is 0 Å². The van der Waals surface area contributed by atoms with E-state index in [0.29, 0.717) is 23.9 Å². The molecule has 1 atom stereocenters. The summed E-state index contributed by atoms with van der Waals surface area (Å²) in [6.07, 6.45) is 3.97. The van der Waals surface area contributed by atoms with E-state index in [1.165, 1.54) is 0 Å². The maximum absolute atomic E-state index is 12.0. The number of hydrogen-bond donors (Lipinski definition) is 1. The van der Waals surface area contributed by atoms with E-state index in [1.807, 2.05) is 30.3 Å². The number of rotatable bonds is 7. The van der Waals surface area contributed by atoms with Gasteiger partial charge in [0.15, 0.2) is 12.4 Å². The number of carbonyl (C=O) groups excluding carboxylic acids is 1. The SMILES string of the molecule is CC(NC(=O)COc1ccccc1)c1nc(Cc2ccncc2)no1. The second-order valence-electron chi connectivity index (χ2n) is 5.47. The number of hydrogen-bond acceptors (Lipinski definition) is 6. The summed E-state index contributed by atoms with van der Waals surface area (Å²) in [5, 5.41) is 6.72. The van der Waals surface area contributed by atoms with Crippen LogP contribution in [0.2, 0.25) is 0 Å². The van der Waals surface area contributed by atoms with Gasteiger partial charge in [-0.05, 0) is 36.8 Å². The standard InChI is InChI=1S/C18H18N4O3/c1-13(20-17(23)12-24-15-5-3-2-4-6-15)18-21-16(22-25-18)11-14-7-9-19-10-8-14/h2-10,13H,11-12H2,1H3,(H,20,23). The Morgan fingerprint density at radius 1 is 1.20 bits per heavy atom. The molecule has 128 valence electrons. The second-order valence-corrected chi connectivity index (χ2v) is 5.47. The minimum atomic E-state index is -0.398. The summed E-state index contributed by atoms with van der Waals surface area (Å²) in [6.45, 7) is 1.70. The summed E-state index contributed by atoms with van der Waals surface area (Å²) in [6, 6.07) is 12.5. The first-order valence-electron chi connectivity index (χ1n) is 7.89. The molecule has 1 amide bonds. The molecule has 7 nitrogen and oxygen atoms in total. The molecule has 2 aromatic heterocycles. The fourth-order valence-corrected chi connectivity index (χ4v) is 2.21. The third-order valence-corrected chi connectivity index (χ3v) is 3.46. The van der Waals surface area contributed by atoms with Gasteiger partial charge in [0.2, 0.25) is 5.89 Å². The lowest BCUT2D eigenvalue weighted by atomic mass is 10.2. The van der Waals surface area contributed by atoms with Crippen LogP contribution in [0.5, 0.6) is 5.75 Å². The molecular formula is C18H18N4O3. The molecule has 0 aliphatic carbocycles. The van der Waals surface area contributed by atoms with Crippen LogP contribution in [0.1, 0.15) is 30.2 Å². The fraction of sp³-hybridized carbons (Fsp3) is 0.222. The van der Waals surface area contributed by atoms with Crippen LogP contribution in [0.25, 0.3) is 0 Å². The minimum Gasteiger partial charge on any atom is -0.484 e. The summed E-state index contributed by atoms with van der Waals surface area (Å²) in [5.41, 5.74) is 1.04. The zero-order valence-electron chi connectivity index (χ0n) is 13.8.